The highest BCUT2D eigenvalue weighted by molar-refractivity contribution is 6.13. The van der Waals surface area contributed by atoms with Crippen LogP contribution in [0.4, 0.5) is 5.69 Å². The summed E-state index contributed by atoms with van der Waals surface area (Å²) in [6, 6.07) is 16.5. The van der Waals surface area contributed by atoms with Crippen molar-refractivity contribution in [1.29, 1.82) is 0 Å². The molecular formula is C20H13N5O2. The van der Waals surface area contributed by atoms with E-state index in [0.717, 1.165) is 10.9 Å². The first kappa shape index (κ1) is 15.3. The summed E-state index contributed by atoms with van der Waals surface area (Å²) in [7, 11) is 0. The second-order valence-electron chi connectivity index (χ2n) is 6.02. The van der Waals surface area contributed by atoms with Crippen LogP contribution in [0, 0.1) is 0 Å². The van der Waals surface area contributed by atoms with Gasteiger partial charge in [-0.1, -0.05) is 18.2 Å². The second kappa shape index (κ2) is 6.06. The lowest BCUT2D eigenvalue weighted by atomic mass is 10.1. The molecule has 1 amide bonds. The van der Waals surface area contributed by atoms with Gasteiger partial charge in [-0.3, -0.25) is 9.20 Å². The molecule has 4 heterocycles. The van der Waals surface area contributed by atoms with Gasteiger partial charge in [0.25, 0.3) is 5.91 Å². The SMILES string of the molecule is O=C(Nc1ccc2nncn2c1)c1cc(-c2ccco2)nc2ccccc12. The molecule has 27 heavy (non-hydrogen) atoms. The number of carbonyl (C=O) groups is 1. The molecular weight excluding hydrogens is 342 g/mol. The molecule has 7 nitrogen and oxygen atoms in total. The first-order chi connectivity index (χ1) is 13.3. The maximum absolute atomic E-state index is 13.0. The van der Waals surface area contributed by atoms with Crippen LogP contribution in [0.2, 0.25) is 0 Å². The summed E-state index contributed by atoms with van der Waals surface area (Å²) < 4.78 is 7.19. The van der Waals surface area contributed by atoms with E-state index in [9.17, 15) is 4.79 Å². The molecule has 0 saturated carbocycles. The van der Waals surface area contributed by atoms with Gasteiger partial charge in [0.05, 0.1) is 23.0 Å². The van der Waals surface area contributed by atoms with E-state index < -0.39 is 0 Å². The molecule has 1 aromatic carbocycles. The first-order valence-corrected chi connectivity index (χ1v) is 8.32. The zero-order chi connectivity index (χ0) is 18.2. The summed E-state index contributed by atoms with van der Waals surface area (Å²) in [4.78, 5) is 17.6. The van der Waals surface area contributed by atoms with Crippen LogP contribution >= 0.6 is 0 Å². The molecule has 5 aromatic rings. The summed E-state index contributed by atoms with van der Waals surface area (Å²) in [6.07, 6.45) is 4.94. The Morgan fingerprint density at radius 3 is 2.89 bits per heavy atom. The highest BCUT2D eigenvalue weighted by Gasteiger charge is 2.15. The average molecular weight is 355 g/mol. The van der Waals surface area contributed by atoms with Crippen molar-refractivity contribution < 1.29 is 9.21 Å². The molecule has 130 valence electrons. The van der Waals surface area contributed by atoms with Gasteiger partial charge in [-0.2, -0.15) is 0 Å². The molecule has 0 aliphatic heterocycles. The van der Waals surface area contributed by atoms with E-state index >= 15 is 0 Å². The molecule has 0 bridgehead atoms. The van der Waals surface area contributed by atoms with Crippen molar-refractivity contribution in [3.8, 4) is 11.5 Å². The van der Waals surface area contributed by atoms with Crippen LogP contribution in [-0.4, -0.2) is 25.5 Å². The van der Waals surface area contributed by atoms with Crippen molar-refractivity contribution in [2.75, 3.05) is 5.32 Å². The number of para-hydroxylation sites is 1. The topological polar surface area (TPSA) is 85.3 Å². The number of nitrogens with one attached hydrogen (secondary N) is 1. The normalized spacial score (nSPS) is 11.1. The Morgan fingerprint density at radius 2 is 2.00 bits per heavy atom. The number of amides is 1. The van der Waals surface area contributed by atoms with Gasteiger partial charge in [0.15, 0.2) is 11.4 Å². The molecule has 4 aromatic heterocycles. The summed E-state index contributed by atoms with van der Waals surface area (Å²) in [5, 5.41) is 11.5. The molecule has 0 saturated heterocycles. The van der Waals surface area contributed by atoms with Crippen LogP contribution in [0.15, 0.2) is 77.8 Å². The van der Waals surface area contributed by atoms with Crippen LogP contribution in [0.25, 0.3) is 28.0 Å². The van der Waals surface area contributed by atoms with Gasteiger partial charge in [0.1, 0.15) is 12.0 Å². The van der Waals surface area contributed by atoms with E-state index in [1.54, 1.807) is 47.5 Å². The molecule has 0 aliphatic carbocycles. The minimum Gasteiger partial charge on any atom is -0.463 e. The lowest BCUT2D eigenvalue weighted by Crippen LogP contribution is -2.13. The van der Waals surface area contributed by atoms with E-state index in [-0.39, 0.29) is 5.91 Å². The molecule has 7 heteroatoms. The zero-order valence-corrected chi connectivity index (χ0v) is 14.0. The van der Waals surface area contributed by atoms with E-state index in [1.165, 1.54) is 0 Å². The molecule has 0 spiro atoms. The number of pyridine rings is 2. The Kier molecular flexibility index (Phi) is 3.43. The summed E-state index contributed by atoms with van der Waals surface area (Å²) in [5.74, 6) is 0.384. The van der Waals surface area contributed by atoms with Gasteiger partial charge in [0.2, 0.25) is 0 Å². The van der Waals surface area contributed by atoms with Crippen molar-refractivity contribution in [2.24, 2.45) is 0 Å². The lowest BCUT2D eigenvalue weighted by Gasteiger charge is -2.10. The highest BCUT2D eigenvalue weighted by atomic mass is 16.3. The molecule has 0 radical (unpaired) electrons. The Labute approximate surface area is 153 Å². The van der Waals surface area contributed by atoms with Crippen LogP contribution in [0.3, 0.4) is 0 Å². The van der Waals surface area contributed by atoms with Gasteiger partial charge in [0, 0.05) is 11.6 Å². The highest BCUT2D eigenvalue weighted by Crippen LogP contribution is 2.26. The minimum atomic E-state index is -0.228. The Bertz CT molecular complexity index is 1270. The standard InChI is InChI=1S/C20H13N5O2/c26-20(22-13-7-8-19-24-21-12-25(19)11-13)15-10-17(18-6-3-9-27-18)23-16-5-2-1-4-14(15)16/h1-12H,(H,22,26). The number of benzene rings is 1. The zero-order valence-electron chi connectivity index (χ0n) is 14.0. The van der Waals surface area contributed by atoms with Crippen molar-refractivity contribution in [3.05, 3.63) is 78.9 Å². The average Bonchev–Trinajstić information content (AvgIpc) is 3.38. The minimum absolute atomic E-state index is 0.228. The van der Waals surface area contributed by atoms with Crippen molar-refractivity contribution >= 4 is 28.1 Å². The molecule has 5 rings (SSSR count). The van der Waals surface area contributed by atoms with Gasteiger partial charge in [-0.15, -0.1) is 10.2 Å². The number of hydrogen-bond acceptors (Lipinski definition) is 5. The fraction of sp³-hybridized carbons (Fsp3) is 0. The largest absolute Gasteiger partial charge is 0.463 e. The smallest absolute Gasteiger partial charge is 0.256 e. The second-order valence-corrected chi connectivity index (χ2v) is 6.02. The van der Waals surface area contributed by atoms with Crippen molar-refractivity contribution in [2.45, 2.75) is 0 Å². The number of rotatable bonds is 3. The van der Waals surface area contributed by atoms with Crippen molar-refractivity contribution in [3.63, 3.8) is 0 Å². The Hall–Kier alpha value is -4.00. The van der Waals surface area contributed by atoms with E-state index in [2.05, 4.69) is 20.5 Å². The molecule has 0 aliphatic rings. The maximum atomic E-state index is 13.0. The third-order valence-corrected chi connectivity index (χ3v) is 4.28. The number of furan rings is 1. The van der Waals surface area contributed by atoms with Gasteiger partial charge in [-0.05, 0) is 36.4 Å². The van der Waals surface area contributed by atoms with E-state index in [0.29, 0.717) is 28.4 Å². The Morgan fingerprint density at radius 1 is 1.07 bits per heavy atom. The van der Waals surface area contributed by atoms with Gasteiger partial charge in [-0.25, -0.2) is 4.98 Å². The number of hydrogen-bond donors (Lipinski definition) is 1. The monoisotopic (exact) mass is 355 g/mol. The van der Waals surface area contributed by atoms with E-state index in [4.69, 9.17) is 4.42 Å². The number of aromatic nitrogens is 4. The number of nitrogens with zero attached hydrogens (tertiary/aromatic N) is 4. The summed E-state index contributed by atoms with van der Waals surface area (Å²) in [5.41, 5.74) is 3.22. The maximum Gasteiger partial charge on any atom is 0.256 e. The van der Waals surface area contributed by atoms with Gasteiger partial charge >= 0.3 is 0 Å². The molecule has 0 fully saturated rings. The number of carbonyl (C=O) groups excluding carboxylic acids is 1. The van der Waals surface area contributed by atoms with Crippen LogP contribution in [-0.2, 0) is 0 Å². The molecule has 1 N–H and O–H groups in total. The van der Waals surface area contributed by atoms with Crippen LogP contribution in [0.1, 0.15) is 10.4 Å². The predicted octanol–water partition coefficient (Wildman–Crippen LogP) is 3.79. The quantitative estimate of drug-likeness (QED) is 0.532. The third-order valence-electron chi connectivity index (χ3n) is 4.28. The lowest BCUT2D eigenvalue weighted by molar-refractivity contribution is 0.102. The fourth-order valence-corrected chi connectivity index (χ4v) is 3.01. The first-order valence-electron chi connectivity index (χ1n) is 8.32. The number of fused-ring (bicyclic) bond motifs is 2. The molecule has 0 unspecified atom stereocenters. The molecule has 0 atom stereocenters. The fourth-order valence-electron chi connectivity index (χ4n) is 3.01. The van der Waals surface area contributed by atoms with Crippen molar-refractivity contribution in [1.82, 2.24) is 19.6 Å². The third kappa shape index (κ3) is 2.71. The van der Waals surface area contributed by atoms with Crippen LogP contribution < -0.4 is 5.32 Å². The van der Waals surface area contributed by atoms with E-state index in [1.807, 2.05) is 30.3 Å². The Balaban J connectivity index is 1.59. The predicted molar refractivity (Wildman–Crippen MR) is 100 cm³/mol. The summed E-state index contributed by atoms with van der Waals surface area (Å²) >= 11 is 0. The van der Waals surface area contributed by atoms with Gasteiger partial charge < -0.3 is 9.73 Å². The summed E-state index contributed by atoms with van der Waals surface area (Å²) in [6.45, 7) is 0. The van der Waals surface area contributed by atoms with Crippen LogP contribution in [0.5, 0.6) is 0 Å². The number of anilines is 1.